The van der Waals surface area contributed by atoms with Gasteiger partial charge in [0.1, 0.15) is 16.7 Å². The number of nitrogens with one attached hydrogen (secondary N) is 1. The van der Waals surface area contributed by atoms with Crippen LogP contribution in [0.1, 0.15) is 73.0 Å². The molecule has 1 N–H and O–H groups in total. The molecule has 0 fully saturated rings. The summed E-state index contributed by atoms with van der Waals surface area (Å²) in [7, 11) is 0. The summed E-state index contributed by atoms with van der Waals surface area (Å²) in [6.45, 7) is 8.58. The summed E-state index contributed by atoms with van der Waals surface area (Å²) in [6.07, 6.45) is 3.14. The standard InChI is InChI=1S/C30H32N6O3S/c1-5-6-11-25-32-27(18(2)3)24(16-26-31-19(4)35-40-26)29(37)36(25)17-20-12-14-21(15-13-20)22-9-7-8-10-23(22)28-33-30(38)39-34-28/h7-10,12-15,18H,5-6,11,16-17H2,1-4H3,(H,33,34,38). The molecule has 0 aliphatic carbocycles. The molecular weight excluding hydrogens is 524 g/mol. The molecule has 2 aromatic carbocycles. The lowest BCUT2D eigenvalue weighted by Gasteiger charge is -2.19. The van der Waals surface area contributed by atoms with E-state index in [0.29, 0.717) is 24.4 Å². The van der Waals surface area contributed by atoms with Crippen molar-refractivity contribution in [2.75, 3.05) is 0 Å². The van der Waals surface area contributed by atoms with Crippen LogP contribution in [-0.4, -0.2) is 29.0 Å². The normalized spacial score (nSPS) is 11.4. The van der Waals surface area contributed by atoms with E-state index in [0.717, 1.165) is 63.9 Å². The van der Waals surface area contributed by atoms with E-state index in [-0.39, 0.29) is 11.5 Å². The third kappa shape index (κ3) is 5.86. The molecule has 5 rings (SSSR count). The van der Waals surface area contributed by atoms with Crippen LogP contribution in [0.25, 0.3) is 22.5 Å². The minimum Gasteiger partial charge on any atom is -0.296 e. The summed E-state index contributed by atoms with van der Waals surface area (Å²) >= 11 is 1.33. The van der Waals surface area contributed by atoms with Crippen LogP contribution in [0.2, 0.25) is 0 Å². The SMILES string of the molecule is CCCCc1nc(C(C)C)c(Cc2nc(C)ns2)c(=O)n1Cc1ccc(-c2ccccc2-c2noc(=O)[nH]2)cc1. The smallest absolute Gasteiger partial charge is 0.296 e. The largest absolute Gasteiger partial charge is 0.439 e. The lowest BCUT2D eigenvalue weighted by Crippen LogP contribution is -2.31. The van der Waals surface area contributed by atoms with Crippen molar-refractivity contribution in [3.8, 4) is 22.5 Å². The van der Waals surface area contributed by atoms with Crippen molar-refractivity contribution in [2.45, 2.75) is 65.8 Å². The molecule has 40 heavy (non-hydrogen) atoms. The number of H-pyrrole nitrogens is 1. The summed E-state index contributed by atoms with van der Waals surface area (Å²) < 4.78 is 10.8. The number of rotatable bonds is 10. The molecule has 3 heterocycles. The van der Waals surface area contributed by atoms with Crippen molar-refractivity contribution in [3.63, 3.8) is 0 Å². The number of nitrogens with zero attached hydrogens (tertiary/aromatic N) is 5. The topological polar surface area (TPSA) is 120 Å². The Morgan fingerprint density at radius 1 is 1.02 bits per heavy atom. The van der Waals surface area contributed by atoms with Crippen LogP contribution in [0, 0.1) is 6.92 Å². The fourth-order valence-electron chi connectivity index (χ4n) is 4.81. The lowest BCUT2D eigenvalue weighted by atomic mass is 9.98. The maximum Gasteiger partial charge on any atom is 0.439 e. The zero-order valence-corrected chi connectivity index (χ0v) is 23.9. The van der Waals surface area contributed by atoms with E-state index < -0.39 is 5.76 Å². The molecule has 0 saturated carbocycles. The fraction of sp³-hybridized carbons (Fsp3) is 0.333. The molecule has 206 valence electrons. The second-order valence-corrected chi connectivity index (χ2v) is 11.0. The van der Waals surface area contributed by atoms with Gasteiger partial charge in [-0.15, -0.1) is 0 Å². The van der Waals surface area contributed by atoms with Crippen LogP contribution in [0.15, 0.2) is 62.6 Å². The Morgan fingerprint density at radius 3 is 2.40 bits per heavy atom. The number of unbranched alkanes of at least 4 members (excludes halogenated alkanes) is 1. The Morgan fingerprint density at radius 2 is 1.77 bits per heavy atom. The predicted octanol–water partition coefficient (Wildman–Crippen LogP) is 5.52. The Bertz CT molecular complexity index is 1730. The maximum atomic E-state index is 14.0. The molecule has 0 amide bonds. The summed E-state index contributed by atoms with van der Waals surface area (Å²) in [6, 6.07) is 15.8. The summed E-state index contributed by atoms with van der Waals surface area (Å²) in [5.41, 5.74) is 5.16. The Labute approximate surface area is 236 Å². The number of aromatic amines is 1. The van der Waals surface area contributed by atoms with Gasteiger partial charge >= 0.3 is 5.76 Å². The fourth-order valence-corrected chi connectivity index (χ4v) is 5.47. The quantitative estimate of drug-likeness (QED) is 0.241. The first-order valence-corrected chi connectivity index (χ1v) is 14.3. The minimum absolute atomic E-state index is 0.0120. The Balaban J connectivity index is 1.51. The summed E-state index contributed by atoms with van der Waals surface area (Å²) in [4.78, 5) is 37.7. The van der Waals surface area contributed by atoms with Gasteiger partial charge in [0.25, 0.3) is 5.56 Å². The van der Waals surface area contributed by atoms with Crippen molar-refractivity contribution >= 4 is 11.5 Å². The van der Waals surface area contributed by atoms with Crippen molar-refractivity contribution in [1.82, 2.24) is 29.0 Å². The number of hydrogen-bond acceptors (Lipinski definition) is 8. The molecule has 10 heteroatoms. The third-order valence-electron chi connectivity index (χ3n) is 6.80. The zero-order chi connectivity index (χ0) is 28.2. The van der Waals surface area contributed by atoms with Crippen molar-refractivity contribution < 1.29 is 4.52 Å². The highest BCUT2D eigenvalue weighted by molar-refractivity contribution is 7.05. The molecule has 9 nitrogen and oxygen atoms in total. The molecule has 0 bridgehead atoms. The van der Waals surface area contributed by atoms with E-state index in [1.54, 1.807) is 0 Å². The van der Waals surface area contributed by atoms with Gasteiger partial charge in [-0.05, 0) is 47.5 Å². The van der Waals surface area contributed by atoms with Gasteiger partial charge in [-0.3, -0.25) is 18.9 Å². The average Bonchev–Trinajstić information content (AvgIpc) is 3.58. The highest BCUT2D eigenvalue weighted by atomic mass is 32.1. The van der Waals surface area contributed by atoms with E-state index in [9.17, 15) is 9.59 Å². The molecule has 3 aromatic heterocycles. The van der Waals surface area contributed by atoms with Crippen LogP contribution in [0.5, 0.6) is 0 Å². The van der Waals surface area contributed by atoms with Crippen molar-refractivity contribution in [3.05, 3.63) is 103 Å². The summed E-state index contributed by atoms with van der Waals surface area (Å²) in [5, 5.41) is 4.67. The van der Waals surface area contributed by atoms with E-state index >= 15 is 0 Å². The maximum absolute atomic E-state index is 14.0. The second kappa shape index (κ2) is 11.9. The number of aromatic nitrogens is 6. The van der Waals surface area contributed by atoms with Gasteiger partial charge in [-0.2, -0.15) is 4.37 Å². The van der Waals surface area contributed by atoms with Gasteiger partial charge in [-0.25, -0.2) is 14.8 Å². The van der Waals surface area contributed by atoms with Crippen LogP contribution in [0.4, 0.5) is 0 Å². The van der Waals surface area contributed by atoms with E-state index in [1.807, 2.05) is 60.0 Å². The summed E-state index contributed by atoms with van der Waals surface area (Å²) in [5.74, 6) is 1.44. The van der Waals surface area contributed by atoms with E-state index in [2.05, 4.69) is 40.3 Å². The first kappa shape index (κ1) is 27.4. The van der Waals surface area contributed by atoms with Crippen LogP contribution >= 0.6 is 11.5 Å². The lowest BCUT2D eigenvalue weighted by molar-refractivity contribution is 0.388. The third-order valence-corrected chi connectivity index (χ3v) is 7.60. The zero-order valence-electron chi connectivity index (χ0n) is 23.1. The number of hydrogen-bond donors (Lipinski definition) is 1. The molecule has 0 saturated heterocycles. The van der Waals surface area contributed by atoms with E-state index in [4.69, 9.17) is 9.51 Å². The number of aryl methyl sites for hydroxylation is 2. The first-order chi connectivity index (χ1) is 19.3. The molecule has 0 atom stereocenters. The molecular formula is C30H32N6O3S. The van der Waals surface area contributed by atoms with Gasteiger partial charge in [0.2, 0.25) is 0 Å². The van der Waals surface area contributed by atoms with Crippen molar-refractivity contribution in [1.29, 1.82) is 0 Å². The van der Waals surface area contributed by atoms with Crippen LogP contribution in [0.3, 0.4) is 0 Å². The number of benzene rings is 2. The Hall–Kier alpha value is -4.18. The Kier molecular flexibility index (Phi) is 8.16. The molecule has 0 spiro atoms. The van der Waals surface area contributed by atoms with Crippen molar-refractivity contribution in [2.24, 2.45) is 0 Å². The molecule has 5 aromatic rings. The minimum atomic E-state index is -0.595. The second-order valence-electron chi connectivity index (χ2n) is 10.1. The average molecular weight is 557 g/mol. The predicted molar refractivity (Wildman–Crippen MR) is 156 cm³/mol. The van der Waals surface area contributed by atoms with Crippen LogP contribution < -0.4 is 11.3 Å². The first-order valence-electron chi connectivity index (χ1n) is 13.5. The molecule has 0 aliphatic rings. The van der Waals surface area contributed by atoms with Gasteiger partial charge < -0.3 is 0 Å². The highest BCUT2D eigenvalue weighted by Gasteiger charge is 2.21. The monoisotopic (exact) mass is 556 g/mol. The van der Waals surface area contributed by atoms with E-state index in [1.165, 1.54) is 11.5 Å². The molecule has 0 unspecified atom stereocenters. The molecule has 0 aliphatic heterocycles. The van der Waals surface area contributed by atoms with Gasteiger partial charge in [0.15, 0.2) is 5.82 Å². The van der Waals surface area contributed by atoms with Gasteiger partial charge in [-0.1, -0.05) is 80.9 Å². The van der Waals surface area contributed by atoms with Gasteiger partial charge in [0.05, 0.1) is 12.2 Å². The van der Waals surface area contributed by atoms with Gasteiger partial charge in [0, 0.05) is 24.0 Å². The van der Waals surface area contributed by atoms with Crippen LogP contribution in [-0.2, 0) is 19.4 Å². The highest BCUT2D eigenvalue weighted by Crippen LogP contribution is 2.30. The molecule has 0 radical (unpaired) electrons.